The van der Waals surface area contributed by atoms with Gasteiger partial charge in [0.2, 0.25) is 17.7 Å². The number of aliphatic carboxylic acids is 2. The third-order valence-corrected chi connectivity index (χ3v) is 3.93. The Morgan fingerprint density at radius 3 is 2.03 bits per heavy atom. The van der Waals surface area contributed by atoms with Crippen molar-refractivity contribution in [3.8, 4) is 0 Å². The number of nitrogens with two attached hydrogens (primary N) is 2. The molecule has 3 unspecified atom stereocenters. The van der Waals surface area contributed by atoms with Crippen LogP contribution in [-0.2, 0) is 30.4 Å². The molecule has 29 heavy (non-hydrogen) atoms. The number of nitrogens with one attached hydrogen (secondary N) is 2. The quantitative estimate of drug-likeness (QED) is 0.236. The van der Waals surface area contributed by atoms with Crippen LogP contribution in [0.3, 0.4) is 0 Å². The first-order valence-electron chi connectivity index (χ1n) is 8.73. The second-order valence-electron chi connectivity index (χ2n) is 6.36. The van der Waals surface area contributed by atoms with E-state index in [-0.39, 0.29) is 12.8 Å². The van der Waals surface area contributed by atoms with Crippen LogP contribution >= 0.6 is 0 Å². The number of amides is 3. The van der Waals surface area contributed by atoms with E-state index < -0.39 is 60.6 Å². The minimum absolute atomic E-state index is 0.180. The molecule has 8 N–H and O–H groups in total. The van der Waals surface area contributed by atoms with Crippen LogP contribution in [0, 0.1) is 0 Å². The van der Waals surface area contributed by atoms with Gasteiger partial charge in [0, 0.05) is 6.42 Å². The van der Waals surface area contributed by atoms with Crippen molar-refractivity contribution < 1.29 is 34.2 Å². The van der Waals surface area contributed by atoms with Crippen molar-refractivity contribution >= 4 is 29.7 Å². The lowest BCUT2D eigenvalue weighted by atomic mass is 10.0. The molecular weight excluding hydrogens is 384 g/mol. The number of carboxylic acids is 2. The van der Waals surface area contributed by atoms with E-state index in [0.29, 0.717) is 0 Å². The fourth-order valence-electron chi connectivity index (χ4n) is 2.45. The number of rotatable bonds is 12. The van der Waals surface area contributed by atoms with Gasteiger partial charge in [-0.2, -0.15) is 0 Å². The second kappa shape index (κ2) is 11.4. The highest BCUT2D eigenvalue weighted by atomic mass is 16.4. The molecule has 0 saturated heterocycles. The van der Waals surface area contributed by atoms with E-state index in [9.17, 15) is 24.0 Å². The lowest BCUT2D eigenvalue weighted by molar-refractivity contribution is -0.144. The van der Waals surface area contributed by atoms with Crippen LogP contribution in [0.2, 0.25) is 0 Å². The molecule has 11 nitrogen and oxygen atoms in total. The summed E-state index contributed by atoms with van der Waals surface area (Å²) < 4.78 is 0. The first-order chi connectivity index (χ1) is 13.6. The summed E-state index contributed by atoms with van der Waals surface area (Å²) in [4.78, 5) is 57.7. The Morgan fingerprint density at radius 1 is 0.931 bits per heavy atom. The summed E-state index contributed by atoms with van der Waals surface area (Å²) in [7, 11) is 0. The van der Waals surface area contributed by atoms with E-state index in [1.54, 1.807) is 30.3 Å². The molecule has 3 atom stereocenters. The van der Waals surface area contributed by atoms with Gasteiger partial charge < -0.3 is 32.3 Å². The number of carboxylic acid groups (broad SMARTS) is 2. The number of benzene rings is 1. The predicted molar refractivity (Wildman–Crippen MR) is 100 cm³/mol. The zero-order valence-corrected chi connectivity index (χ0v) is 15.5. The summed E-state index contributed by atoms with van der Waals surface area (Å²) in [5.74, 6) is -5.33. The van der Waals surface area contributed by atoms with Gasteiger partial charge in [-0.25, -0.2) is 4.79 Å². The van der Waals surface area contributed by atoms with Crippen LogP contribution in [0.4, 0.5) is 0 Å². The Hall–Kier alpha value is -3.47. The molecule has 0 fully saturated rings. The zero-order valence-electron chi connectivity index (χ0n) is 15.5. The van der Waals surface area contributed by atoms with E-state index in [1.807, 2.05) is 0 Å². The number of hydrogen-bond acceptors (Lipinski definition) is 6. The number of carbonyl (C=O) groups is 5. The minimum atomic E-state index is -1.61. The Kier molecular flexibility index (Phi) is 9.26. The third-order valence-electron chi connectivity index (χ3n) is 3.93. The van der Waals surface area contributed by atoms with Gasteiger partial charge in [-0.3, -0.25) is 19.2 Å². The lowest BCUT2D eigenvalue weighted by Gasteiger charge is -2.22. The average Bonchev–Trinajstić information content (AvgIpc) is 2.64. The van der Waals surface area contributed by atoms with Crippen LogP contribution in [0.1, 0.15) is 24.8 Å². The molecule has 0 radical (unpaired) electrons. The number of hydrogen-bond donors (Lipinski definition) is 6. The highest BCUT2D eigenvalue weighted by Crippen LogP contribution is 2.05. The summed E-state index contributed by atoms with van der Waals surface area (Å²) >= 11 is 0. The lowest BCUT2D eigenvalue weighted by Crippen LogP contribution is -2.55. The van der Waals surface area contributed by atoms with Crippen molar-refractivity contribution in [2.75, 3.05) is 0 Å². The van der Waals surface area contributed by atoms with Crippen LogP contribution in [0.5, 0.6) is 0 Å². The van der Waals surface area contributed by atoms with Crippen molar-refractivity contribution in [2.24, 2.45) is 11.5 Å². The van der Waals surface area contributed by atoms with Crippen LogP contribution < -0.4 is 22.1 Å². The maximum Gasteiger partial charge on any atom is 0.326 e. The molecule has 158 valence electrons. The Morgan fingerprint density at radius 2 is 1.52 bits per heavy atom. The molecule has 1 aromatic carbocycles. The highest BCUT2D eigenvalue weighted by Gasteiger charge is 2.29. The second-order valence-corrected chi connectivity index (χ2v) is 6.36. The SMILES string of the molecule is NC(=O)CC(NC(=O)C(CCC(=O)O)NC(=O)C(N)Cc1ccccc1)C(=O)O. The highest BCUT2D eigenvalue weighted by molar-refractivity contribution is 5.93. The fourth-order valence-corrected chi connectivity index (χ4v) is 2.45. The van der Waals surface area contributed by atoms with Gasteiger partial charge in [-0.1, -0.05) is 30.3 Å². The van der Waals surface area contributed by atoms with Gasteiger partial charge in [0.05, 0.1) is 12.5 Å². The molecule has 0 saturated carbocycles. The molecule has 0 bridgehead atoms. The molecule has 0 aliphatic carbocycles. The molecule has 0 aliphatic rings. The molecule has 0 aliphatic heterocycles. The Labute approximate surface area is 166 Å². The molecule has 0 aromatic heterocycles. The van der Waals surface area contributed by atoms with Crippen molar-refractivity contribution in [3.05, 3.63) is 35.9 Å². The van der Waals surface area contributed by atoms with Crippen molar-refractivity contribution in [1.82, 2.24) is 10.6 Å². The topological polar surface area (TPSA) is 202 Å². The maximum absolute atomic E-state index is 12.4. The van der Waals surface area contributed by atoms with E-state index in [0.717, 1.165) is 5.56 Å². The van der Waals surface area contributed by atoms with E-state index >= 15 is 0 Å². The Balaban J connectivity index is 2.82. The van der Waals surface area contributed by atoms with Crippen LogP contribution in [-0.4, -0.2) is 58.0 Å². The maximum atomic E-state index is 12.4. The van der Waals surface area contributed by atoms with Crippen LogP contribution in [0.15, 0.2) is 30.3 Å². The molecule has 0 spiro atoms. The summed E-state index contributed by atoms with van der Waals surface area (Å²) in [6.45, 7) is 0. The largest absolute Gasteiger partial charge is 0.481 e. The van der Waals surface area contributed by atoms with Gasteiger partial charge in [0.25, 0.3) is 0 Å². The third kappa shape index (κ3) is 8.84. The minimum Gasteiger partial charge on any atom is -0.481 e. The van der Waals surface area contributed by atoms with Crippen molar-refractivity contribution in [1.29, 1.82) is 0 Å². The summed E-state index contributed by atoms with van der Waals surface area (Å²) in [5, 5.41) is 22.3. The fraction of sp³-hybridized carbons (Fsp3) is 0.389. The molecule has 11 heteroatoms. The molecule has 0 heterocycles. The van der Waals surface area contributed by atoms with Gasteiger partial charge in [-0.05, 0) is 18.4 Å². The van der Waals surface area contributed by atoms with Crippen molar-refractivity contribution in [2.45, 2.75) is 43.8 Å². The molecular formula is C18H24N4O7. The summed E-state index contributed by atoms with van der Waals surface area (Å²) in [6, 6.07) is 4.90. The first-order valence-corrected chi connectivity index (χ1v) is 8.73. The summed E-state index contributed by atoms with van der Waals surface area (Å²) in [6.07, 6.45) is -1.23. The zero-order chi connectivity index (χ0) is 22.0. The van der Waals surface area contributed by atoms with E-state index in [1.165, 1.54) is 0 Å². The molecule has 1 aromatic rings. The van der Waals surface area contributed by atoms with E-state index in [2.05, 4.69) is 10.6 Å². The summed E-state index contributed by atoms with van der Waals surface area (Å²) in [5.41, 5.74) is 11.6. The van der Waals surface area contributed by atoms with Gasteiger partial charge in [-0.15, -0.1) is 0 Å². The first kappa shape index (κ1) is 23.6. The standard InChI is InChI=1S/C18H24N4O7/c19-11(8-10-4-2-1-3-5-10)16(26)21-12(6-7-15(24)25)17(27)22-13(18(28)29)9-14(20)23/h1-5,11-13H,6-9,19H2,(H2,20,23)(H,21,26)(H,22,27)(H,24,25)(H,28,29). The number of primary amides is 1. The van der Waals surface area contributed by atoms with Gasteiger partial charge in [0.15, 0.2) is 0 Å². The average molecular weight is 408 g/mol. The van der Waals surface area contributed by atoms with Crippen LogP contribution in [0.25, 0.3) is 0 Å². The molecule has 3 amide bonds. The monoisotopic (exact) mass is 408 g/mol. The number of carbonyl (C=O) groups excluding carboxylic acids is 3. The van der Waals surface area contributed by atoms with E-state index in [4.69, 9.17) is 21.7 Å². The normalized spacial score (nSPS) is 13.6. The Bertz CT molecular complexity index is 754. The van der Waals surface area contributed by atoms with Gasteiger partial charge in [0.1, 0.15) is 12.1 Å². The predicted octanol–water partition coefficient (Wildman–Crippen LogP) is -1.65. The van der Waals surface area contributed by atoms with Crippen molar-refractivity contribution in [3.63, 3.8) is 0 Å². The smallest absolute Gasteiger partial charge is 0.326 e. The van der Waals surface area contributed by atoms with Gasteiger partial charge >= 0.3 is 11.9 Å². The molecule has 1 rings (SSSR count).